The molecule has 1 aliphatic carbocycles. The van der Waals surface area contributed by atoms with E-state index in [1.807, 2.05) is 4.90 Å². The van der Waals surface area contributed by atoms with Crippen molar-refractivity contribution in [3.05, 3.63) is 59.9 Å². The number of methoxy groups -OCH3 is 1. The molecular weight excluding hydrogens is 753 g/mol. The lowest BCUT2D eigenvalue weighted by molar-refractivity contribution is -0.136. The van der Waals surface area contributed by atoms with Crippen LogP contribution in [-0.2, 0) is 24.8 Å². The number of rotatable bonds is 13. The molecule has 3 atom stereocenters. The summed E-state index contributed by atoms with van der Waals surface area (Å²) in [5.41, 5.74) is -1.12. The van der Waals surface area contributed by atoms with E-state index in [0.29, 0.717) is 32.5 Å². The van der Waals surface area contributed by atoms with Crippen molar-refractivity contribution in [2.75, 3.05) is 77.5 Å². The van der Waals surface area contributed by atoms with E-state index in [-0.39, 0.29) is 59.4 Å². The van der Waals surface area contributed by atoms with Gasteiger partial charge in [-0.25, -0.2) is 22.0 Å². The van der Waals surface area contributed by atoms with E-state index in [9.17, 15) is 23.1 Å². The first-order valence-corrected chi connectivity index (χ1v) is 22.5. The molecular formula is C43H61F2N5O6S. The lowest BCUT2D eigenvalue weighted by Gasteiger charge is -2.54. The van der Waals surface area contributed by atoms with Crippen LogP contribution in [0, 0.1) is 17.7 Å². The SMILES string of the molecule is COC(=O)N[C@H]1CCC[C@@H]1C(CN1CCC1)(c1cccc(F)c1)C1CCN(CC2(F)CN(c3ccc(S(=O)(=O)C4CCN(C(=O)CC(C)(C)O)CC4)cc3)C2)CC1. The topological polar surface area (TPSA) is 123 Å². The highest BCUT2D eigenvalue weighted by Crippen LogP contribution is 2.52. The highest BCUT2D eigenvalue weighted by molar-refractivity contribution is 7.92. The van der Waals surface area contributed by atoms with Crippen molar-refractivity contribution < 1.29 is 36.6 Å². The lowest BCUT2D eigenvalue weighted by atomic mass is 9.57. The van der Waals surface area contributed by atoms with Gasteiger partial charge in [-0.1, -0.05) is 18.6 Å². The molecule has 314 valence electrons. The van der Waals surface area contributed by atoms with Crippen LogP contribution in [0.25, 0.3) is 0 Å². The van der Waals surface area contributed by atoms with E-state index in [4.69, 9.17) is 4.74 Å². The number of nitrogens with one attached hydrogen (secondary N) is 1. The second kappa shape index (κ2) is 16.7. The zero-order valence-electron chi connectivity index (χ0n) is 33.8. The summed E-state index contributed by atoms with van der Waals surface area (Å²) in [5, 5.41) is 12.6. The van der Waals surface area contributed by atoms with Crippen LogP contribution < -0.4 is 10.2 Å². The number of ether oxygens (including phenoxy) is 1. The largest absolute Gasteiger partial charge is 0.453 e. The van der Waals surface area contributed by atoms with Gasteiger partial charge in [0.05, 0.1) is 42.4 Å². The van der Waals surface area contributed by atoms with Crippen LogP contribution in [0.1, 0.15) is 77.2 Å². The molecule has 2 N–H and O–H groups in total. The summed E-state index contributed by atoms with van der Waals surface area (Å²) >= 11 is 0. The van der Waals surface area contributed by atoms with Crippen LogP contribution in [0.2, 0.25) is 0 Å². The number of hydrogen-bond donors (Lipinski definition) is 2. The highest BCUT2D eigenvalue weighted by Gasteiger charge is 2.54. The van der Waals surface area contributed by atoms with Gasteiger partial charge >= 0.3 is 6.09 Å². The molecule has 2 aromatic rings. The zero-order chi connectivity index (χ0) is 40.6. The summed E-state index contributed by atoms with van der Waals surface area (Å²) < 4.78 is 63.4. The molecule has 4 saturated heterocycles. The molecule has 0 spiro atoms. The fraction of sp³-hybridized carbons (Fsp3) is 0.674. The summed E-state index contributed by atoms with van der Waals surface area (Å²) in [5.74, 6) is -0.0973. The molecule has 1 saturated carbocycles. The first kappa shape index (κ1) is 41.8. The maximum absolute atomic E-state index is 16.3. The van der Waals surface area contributed by atoms with Crippen molar-refractivity contribution in [1.29, 1.82) is 0 Å². The Morgan fingerprint density at radius 2 is 1.60 bits per heavy atom. The average Bonchev–Trinajstić information content (AvgIpc) is 3.61. The van der Waals surface area contributed by atoms with Gasteiger partial charge in [-0.15, -0.1) is 0 Å². The van der Waals surface area contributed by atoms with Crippen molar-refractivity contribution in [1.82, 2.24) is 20.0 Å². The Morgan fingerprint density at radius 1 is 0.912 bits per heavy atom. The van der Waals surface area contributed by atoms with Crippen LogP contribution in [0.3, 0.4) is 0 Å². The number of carbonyl (C=O) groups excluding carboxylic acids is 2. The predicted molar refractivity (Wildman–Crippen MR) is 215 cm³/mol. The molecule has 0 radical (unpaired) electrons. The molecule has 0 bridgehead atoms. The number of hydrogen-bond acceptors (Lipinski definition) is 9. The Morgan fingerprint density at radius 3 is 2.19 bits per heavy atom. The minimum absolute atomic E-state index is 0.00165. The van der Waals surface area contributed by atoms with E-state index in [1.54, 1.807) is 55.1 Å². The number of aliphatic hydroxyl groups is 1. The van der Waals surface area contributed by atoms with Crippen molar-refractivity contribution in [2.45, 2.75) is 105 Å². The Kier molecular flexibility index (Phi) is 12.3. The molecule has 5 fully saturated rings. The van der Waals surface area contributed by atoms with E-state index in [1.165, 1.54) is 13.2 Å². The van der Waals surface area contributed by atoms with Gasteiger partial charge in [0.15, 0.2) is 15.5 Å². The Bertz CT molecular complexity index is 1830. The minimum Gasteiger partial charge on any atom is -0.453 e. The second-order valence-electron chi connectivity index (χ2n) is 18.1. The van der Waals surface area contributed by atoms with E-state index >= 15 is 8.78 Å². The quantitative estimate of drug-likeness (QED) is 0.283. The minimum atomic E-state index is -3.61. The van der Waals surface area contributed by atoms with Gasteiger partial charge in [-0.3, -0.25) is 9.69 Å². The van der Waals surface area contributed by atoms with Gasteiger partial charge in [-0.05, 0) is 139 Å². The zero-order valence-corrected chi connectivity index (χ0v) is 34.6. The summed E-state index contributed by atoms with van der Waals surface area (Å²) in [6, 6.07) is 13.7. The smallest absolute Gasteiger partial charge is 0.407 e. The maximum Gasteiger partial charge on any atom is 0.407 e. The maximum atomic E-state index is 16.3. The number of alkyl halides is 1. The molecule has 57 heavy (non-hydrogen) atoms. The third-order valence-electron chi connectivity index (χ3n) is 13.6. The van der Waals surface area contributed by atoms with Crippen molar-refractivity contribution in [3.8, 4) is 0 Å². The lowest BCUT2D eigenvalue weighted by Crippen LogP contribution is -2.65. The van der Waals surface area contributed by atoms with E-state index in [0.717, 1.165) is 82.5 Å². The molecule has 4 heterocycles. The fourth-order valence-electron chi connectivity index (χ4n) is 10.6. The number of likely N-dealkylation sites (tertiary alicyclic amines) is 3. The summed E-state index contributed by atoms with van der Waals surface area (Å²) in [6.45, 7) is 8.88. The van der Waals surface area contributed by atoms with Gasteiger partial charge in [0, 0.05) is 43.3 Å². The Hall–Kier alpha value is -3.33. The van der Waals surface area contributed by atoms with Crippen LogP contribution in [0.15, 0.2) is 53.4 Å². The molecule has 2 amide bonds. The molecule has 4 aliphatic heterocycles. The van der Waals surface area contributed by atoms with Crippen LogP contribution in [0.5, 0.6) is 0 Å². The Balaban J connectivity index is 0.967. The number of carbonyl (C=O) groups is 2. The van der Waals surface area contributed by atoms with E-state index in [2.05, 4.69) is 21.2 Å². The van der Waals surface area contributed by atoms with E-state index < -0.39 is 32.5 Å². The molecule has 2 aromatic carbocycles. The van der Waals surface area contributed by atoms with Gasteiger partial charge in [0.1, 0.15) is 5.82 Å². The van der Waals surface area contributed by atoms with Crippen LogP contribution in [0.4, 0.5) is 19.3 Å². The van der Waals surface area contributed by atoms with Gasteiger partial charge < -0.3 is 29.9 Å². The van der Waals surface area contributed by atoms with Crippen molar-refractivity contribution in [2.24, 2.45) is 11.8 Å². The normalized spacial score (nSPS) is 25.0. The van der Waals surface area contributed by atoms with Crippen LogP contribution >= 0.6 is 0 Å². The molecule has 11 nitrogen and oxygen atoms in total. The van der Waals surface area contributed by atoms with Crippen molar-refractivity contribution in [3.63, 3.8) is 0 Å². The number of amides is 2. The third kappa shape index (κ3) is 9.13. The summed E-state index contributed by atoms with van der Waals surface area (Å²) in [6.07, 6.45) is 5.83. The molecule has 5 aliphatic rings. The number of nitrogens with zero attached hydrogens (tertiary/aromatic N) is 4. The van der Waals surface area contributed by atoms with Gasteiger partial charge in [0.25, 0.3) is 0 Å². The first-order chi connectivity index (χ1) is 27.1. The average molecular weight is 814 g/mol. The first-order valence-electron chi connectivity index (χ1n) is 20.9. The monoisotopic (exact) mass is 813 g/mol. The molecule has 0 aromatic heterocycles. The number of halogens is 2. The predicted octanol–water partition coefficient (Wildman–Crippen LogP) is 5.16. The number of sulfone groups is 1. The fourth-order valence-corrected chi connectivity index (χ4v) is 12.3. The second-order valence-corrected chi connectivity index (χ2v) is 20.4. The number of benzene rings is 2. The van der Waals surface area contributed by atoms with Gasteiger partial charge in [-0.2, -0.15) is 0 Å². The number of alkyl carbamates (subject to hydrolysis) is 1. The van der Waals surface area contributed by atoms with Crippen LogP contribution in [-0.4, -0.2) is 135 Å². The standard InChI is InChI=1S/C43H61F2N5O6S/c1-41(2,53)26-39(51)49-23-17-36(18-24-49)57(54,55)35-13-11-34(12-14-35)50-28-42(45,29-50)27-48-21-15-31(16-22-48)43(30-47-19-6-20-47,32-7-4-8-33(44)25-32)37-9-5-10-38(37)46-40(52)56-3/h4,7-8,11-14,25,31,36-38,53H,5-6,9-10,15-24,26-30H2,1-3H3,(H,46,52)/t37-,38-,43?/m0/s1. The molecule has 7 rings (SSSR count). The molecule has 14 heteroatoms. The Labute approximate surface area is 337 Å². The third-order valence-corrected chi connectivity index (χ3v) is 15.9. The summed E-state index contributed by atoms with van der Waals surface area (Å²) in [7, 11) is -2.22. The summed E-state index contributed by atoms with van der Waals surface area (Å²) in [4.78, 5) is 33.5. The van der Waals surface area contributed by atoms with Crippen molar-refractivity contribution >= 4 is 27.5 Å². The highest BCUT2D eigenvalue weighted by atomic mass is 32.2. The number of anilines is 1. The van der Waals surface area contributed by atoms with Gasteiger partial charge in [0.2, 0.25) is 5.91 Å². The number of piperidine rings is 2. The molecule has 1 unspecified atom stereocenters.